The molecule has 0 atom stereocenters. The van der Waals surface area contributed by atoms with E-state index in [1.54, 1.807) is 51.2 Å². The Hall–Kier alpha value is -3.48. The second-order valence-corrected chi connectivity index (χ2v) is 7.95. The molecule has 1 aromatic heterocycles. The number of fused-ring (bicyclic) bond motifs is 1. The molecule has 0 aliphatic carbocycles. The molecule has 0 saturated carbocycles. The highest BCUT2D eigenvalue weighted by atomic mass is 19.1. The number of nitrogens with one attached hydrogen (secondary N) is 1. The third-order valence-corrected chi connectivity index (χ3v) is 4.41. The molecule has 7 heteroatoms. The summed E-state index contributed by atoms with van der Waals surface area (Å²) in [7, 11) is 0. The minimum absolute atomic E-state index is 0.0525. The van der Waals surface area contributed by atoms with Gasteiger partial charge >= 0.3 is 6.09 Å². The zero-order valence-corrected chi connectivity index (χ0v) is 18.0. The van der Waals surface area contributed by atoms with Gasteiger partial charge in [0.05, 0.1) is 12.2 Å². The monoisotopic (exact) mass is 424 g/mol. The summed E-state index contributed by atoms with van der Waals surface area (Å²) in [6.45, 7) is 7.65. The molecule has 1 N–H and O–H groups in total. The average molecular weight is 424 g/mol. The van der Waals surface area contributed by atoms with Crippen molar-refractivity contribution in [1.82, 2.24) is 10.3 Å². The Morgan fingerprint density at radius 1 is 1.06 bits per heavy atom. The van der Waals surface area contributed by atoms with Crippen molar-refractivity contribution in [3.63, 3.8) is 0 Å². The van der Waals surface area contributed by atoms with E-state index in [-0.39, 0.29) is 12.1 Å². The molecule has 0 aliphatic heterocycles. The summed E-state index contributed by atoms with van der Waals surface area (Å²) in [5.74, 6) is -0.674. The molecule has 0 saturated heterocycles. The van der Waals surface area contributed by atoms with Crippen molar-refractivity contribution in [2.45, 2.75) is 39.8 Å². The third kappa shape index (κ3) is 5.36. The summed E-state index contributed by atoms with van der Waals surface area (Å²) in [5, 5.41) is 3.90. The van der Waals surface area contributed by atoms with Crippen LogP contribution in [-0.2, 0) is 11.3 Å². The first-order valence-corrected chi connectivity index (χ1v) is 10.00. The van der Waals surface area contributed by atoms with Crippen LogP contribution in [0.5, 0.6) is 5.88 Å². The summed E-state index contributed by atoms with van der Waals surface area (Å²) in [6, 6.07) is 11.2. The van der Waals surface area contributed by atoms with E-state index in [1.807, 2.05) is 13.0 Å². The Balaban J connectivity index is 1.83. The molecule has 0 aliphatic rings. The summed E-state index contributed by atoms with van der Waals surface area (Å²) in [4.78, 5) is 29.1. The summed E-state index contributed by atoms with van der Waals surface area (Å²) >= 11 is 0. The lowest BCUT2D eigenvalue weighted by Gasteiger charge is -2.19. The van der Waals surface area contributed by atoms with E-state index in [0.717, 1.165) is 0 Å². The molecule has 0 radical (unpaired) electrons. The number of rotatable bonds is 6. The topological polar surface area (TPSA) is 77.5 Å². The number of ketones is 1. The molecule has 162 valence electrons. The van der Waals surface area contributed by atoms with Crippen LogP contribution in [0.4, 0.5) is 9.18 Å². The average Bonchev–Trinajstić information content (AvgIpc) is 2.71. The van der Waals surface area contributed by atoms with Gasteiger partial charge in [0.1, 0.15) is 11.4 Å². The first-order chi connectivity index (χ1) is 14.7. The molecule has 1 heterocycles. The summed E-state index contributed by atoms with van der Waals surface area (Å²) in [5.41, 5.74) is 0.199. The molecule has 0 fully saturated rings. The molecular weight excluding hydrogens is 399 g/mol. The van der Waals surface area contributed by atoms with Crippen molar-refractivity contribution in [3.05, 3.63) is 71.2 Å². The van der Waals surface area contributed by atoms with Crippen molar-refractivity contribution < 1.29 is 23.5 Å². The van der Waals surface area contributed by atoms with Gasteiger partial charge in [-0.1, -0.05) is 18.2 Å². The van der Waals surface area contributed by atoms with Crippen LogP contribution in [0.3, 0.4) is 0 Å². The van der Waals surface area contributed by atoms with Gasteiger partial charge in [0.2, 0.25) is 5.88 Å². The van der Waals surface area contributed by atoms with Gasteiger partial charge in [-0.3, -0.25) is 4.79 Å². The normalized spacial score (nSPS) is 11.3. The fraction of sp³-hybridized carbons (Fsp3) is 0.292. The van der Waals surface area contributed by atoms with Crippen molar-refractivity contribution >= 4 is 22.6 Å². The van der Waals surface area contributed by atoms with Crippen molar-refractivity contribution in [3.8, 4) is 5.88 Å². The first-order valence-electron chi connectivity index (χ1n) is 10.00. The van der Waals surface area contributed by atoms with Crippen molar-refractivity contribution in [1.29, 1.82) is 0 Å². The van der Waals surface area contributed by atoms with Gasteiger partial charge in [-0.25, -0.2) is 14.2 Å². The highest BCUT2D eigenvalue weighted by Gasteiger charge is 2.19. The van der Waals surface area contributed by atoms with Gasteiger partial charge in [-0.15, -0.1) is 0 Å². The van der Waals surface area contributed by atoms with E-state index >= 15 is 0 Å². The van der Waals surface area contributed by atoms with Crippen LogP contribution in [0, 0.1) is 5.82 Å². The van der Waals surface area contributed by atoms with E-state index in [4.69, 9.17) is 9.47 Å². The van der Waals surface area contributed by atoms with Crippen LogP contribution < -0.4 is 10.1 Å². The molecule has 3 aromatic rings. The van der Waals surface area contributed by atoms with Gasteiger partial charge in [-0.05, 0) is 62.9 Å². The molecule has 1 amide bonds. The van der Waals surface area contributed by atoms with Gasteiger partial charge in [-0.2, -0.15) is 0 Å². The van der Waals surface area contributed by atoms with Gasteiger partial charge in [0.15, 0.2) is 5.78 Å². The van der Waals surface area contributed by atoms with Crippen LogP contribution in [0.25, 0.3) is 10.8 Å². The second-order valence-electron chi connectivity index (χ2n) is 7.95. The zero-order chi connectivity index (χ0) is 22.6. The maximum atomic E-state index is 14.8. The predicted octanol–water partition coefficient (Wildman–Crippen LogP) is 5.03. The summed E-state index contributed by atoms with van der Waals surface area (Å²) in [6.07, 6.45) is 0.967. The van der Waals surface area contributed by atoms with E-state index in [0.29, 0.717) is 34.4 Å². The maximum absolute atomic E-state index is 14.8. The van der Waals surface area contributed by atoms with Gasteiger partial charge in [0.25, 0.3) is 0 Å². The number of hydrogen-bond acceptors (Lipinski definition) is 5. The number of hydrogen-bond donors (Lipinski definition) is 1. The minimum atomic E-state index is -0.662. The number of alkyl carbamates (subject to hydrolysis) is 1. The van der Waals surface area contributed by atoms with E-state index < -0.39 is 23.3 Å². The first kappa shape index (κ1) is 22.2. The molecule has 0 bridgehead atoms. The number of ether oxygens (including phenoxy) is 2. The largest absolute Gasteiger partial charge is 0.478 e. The van der Waals surface area contributed by atoms with Crippen molar-refractivity contribution in [2.75, 3.05) is 6.61 Å². The molecule has 0 spiro atoms. The SMILES string of the molecule is CCOc1nccc2c(C(=O)c3ccc(CNC(=O)OC(C)(C)C)cc3F)cccc12. The summed E-state index contributed by atoms with van der Waals surface area (Å²) < 4.78 is 25.5. The number of benzene rings is 2. The Kier molecular flexibility index (Phi) is 6.53. The fourth-order valence-corrected chi connectivity index (χ4v) is 3.12. The number of pyridine rings is 1. The number of nitrogens with zero attached hydrogens (tertiary/aromatic N) is 1. The molecule has 6 nitrogen and oxygen atoms in total. The molecule has 0 unspecified atom stereocenters. The van der Waals surface area contributed by atoms with Gasteiger partial charge < -0.3 is 14.8 Å². The van der Waals surface area contributed by atoms with Crippen molar-refractivity contribution in [2.24, 2.45) is 0 Å². The lowest BCUT2D eigenvalue weighted by molar-refractivity contribution is 0.0523. The number of carbonyl (C=O) groups is 2. The highest BCUT2D eigenvalue weighted by molar-refractivity contribution is 6.17. The lowest BCUT2D eigenvalue weighted by atomic mass is 9.97. The number of carbonyl (C=O) groups excluding carboxylic acids is 2. The number of halogens is 1. The fourth-order valence-electron chi connectivity index (χ4n) is 3.12. The Bertz CT molecular complexity index is 1120. The van der Waals surface area contributed by atoms with Crippen LogP contribution in [0.2, 0.25) is 0 Å². The molecule has 3 rings (SSSR count). The zero-order valence-electron chi connectivity index (χ0n) is 18.0. The van der Waals surface area contributed by atoms with E-state index in [2.05, 4.69) is 10.3 Å². The molecule has 31 heavy (non-hydrogen) atoms. The molecular formula is C24H25FN2O4. The lowest BCUT2D eigenvalue weighted by Crippen LogP contribution is -2.32. The smallest absolute Gasteiger partial charge is 0.407 e. The predicted molar refractivity (Wildman–Crippen MR) is 116 cm³/mol. The second kappa shape index (κ2) is 9.12. The van der Waals surface area contributed by atoms with Crippen LogP contribution in [0.1, 0.15) is 49.2 Å². The number of aromatic nitrogens is 1. The Labute approximate surface area is 180 Å². The van der Waals surface area contributed by atoms with Crippen LogP contribution >= 0.6 is 0 Å². The highest BCUT2D eigenvalue weighted by Crippen LogP contribution is 2.28. The third-order valence-electron chi connectivity index (χ3n) is 4.41. The van der Waals surface area contributed by atoms with Crippen LogP contribution in [-0.4, -0.2) is 29.1 Å². The van der Waals surface area contributed by atoms with E-state index in [9.17, 15) is 14.0 Å². The quantitative estimate of drug-likeness (QED) is 0.562. The molecule has 2 aromatic carbocycles. The van der Waals surface area contributed by atoms with E-state index in [1.165, 1.54) is 12.1 Å². The standard InChI is InChI=1S/C24H25FN2O4/c1-5-30-22-18-8-6-7-17(16(18)11-12-26-22)21(28)19-10-9-15(13-20(19)25)14-27-23(29)31-24(2,3)4/h6-13H,5,14H2,1-4H3,(H,27,29). The minimum Gasteiger partial charge on any atom is -0.478 e. The Morgan fingerprint density at radius 3 is 2.52 bits per heavy atom. The Morgan fingerprint density at radius 2 is 1.84 bits per heavy atom. The maximum Gasteiger partial charge on any atom is 0.407 e. The van der Waals surface area contributed by atoms with Crippen LogP contribution in [0.15, 0.2) is 48.7 Å². The number of amides is 1. The van der Waals surface area contributed by atoms with Gasteiger partial charge in [0, 0.05) is 23.7 Å².